The predicted octanol–water partition coefficient (Wildman–Crippen LogP) is -1.93. The van der Waals surface area contributed by atoms with Crippen LogP contribution < -0.4 is 20.4 Å². The number of carbonyl (C=O) groups excluding carboxylic acids is 2. The van der Waals surface area contributed by atoms with Crippen molar-refractivity contribution in [3.05, 3.63) is 30.1 Å². The van der Waals surface area contributed by atoms with Crippen LogP contribution in [0.1, 0.15) is 13.8 Å². The number of hydrogen-bond acceptors (Lipinski definition) is 2. The molecule has 1 aromatic carbocycles. The third-order valence-electron chi connectivity index (χ3n) is 4.49. The summed E-state index contributed by atoms with van der Waals surface area (Å²) in [5, 5.41) is 5.65. The predicted molar refractivity (Wildman–Crippen MR) is 89.4 cm³/mol. The quantitative estimate of drug-likeness (QED) is 0.488. The van der Waals surface area contributed by atoms with Gasteiger partial charge >= 0.3 is 0 Å². The van der Waals surface area contributed by atoms with Crippen LogP contribution in [0.5, 0.6) is 0 Å². The van der Waals surface area contributed by atoms with Crippen LogP contribution in [0.15, 0.2) is 24.3 Å². The molecule has 0 unspecified atom stereocenters. The van der Waals surface area contributed by atoms with Crippen LogP contribution in [-0.4, -0.2) is 57.1 Å². The molecule has 0 spiro atoms. The smallest absolute Gasteiger partial charge is 0.279 e. The molecule has 0 radical (unpaired) electrons. The molecule has 2 rings (SSSR count). The topological polar surface area (TPSA) is 67.1 Å². The van der Waals surface area contributed by atoms with Gasteiger partial charge in [-0.25, -0.2) is 4.39 Å². The largest absolute Gasteiger partial charge is 0.351 e. The van der Waals surface area contributed by atoms with Crippen molar-refractivity contribution in [2.24, 2.45) is 0 Å². The van der Waals surface area contributed by atoms with Gasteiger partial charge in [0.2, 0.25) is 0 Å². The highest BCUT2D eigenvalue weighted by Gasteiger charge is 2.31. The Kier molecular flexibility index (Phi) is 6.69. The van der Waals surface area contributed by atoms with Crippen LogP contribution in [0.3, 0.4) is 0 Å². The van der Waals surface area contributed by atoms with Crippen LogP contribution in [0, 0.1) is 5.82 Å². The van der Waals surface area contributed by atoms with Crippen LogP contribution >= 0.6 is 0 Å². The molecule has 132 valence electrons. The average molecular weight is 338 g/mol. The van der Waals surface area contributed by atoms with E-state index in [0.717, 1.165) is 26.2 Å². The molecular weight excluding hydrogens is 311 g/mol. The maximum Gasteiger partial charge on any atom is 0.279 e. The van der Waals surface area contributed by atoms with Crippen LogP contribution in [0.2, 0.25) is 0 Å². The van der Waals surface area contributed by atoms with E-state index in [1.807, 2.05) is 13.8 Å². The molecule has 0 bridgehead atoms. The number of quaternary nitrogens is 2. The SMILES string of the molecule is CCNC(=O)[C@H](C)[NH+]1CC[NH+](CC(=O)Nc2ccc(F)cc2)CC1. The molecule has 2 amide bonds. The zero-order valence-electron chi connectivity index (χ0n) is 14.3. The van der Waals surface area contributed by atoms with Crippen molar-refractivity contribution >= 4 is 17.5 Å². The molecule has 6 nitrogen and oxygen atoms in total. The second kappa shape index (κ2) is 8.75. The summed E-state index contributed by atoms with van der Waals surface area (Å²) in [4.78, 5) is 26.5. The van der Waals surface area contributed by atoms with Gasteiger partial charge in [0.15, 0.2) is 12.6 Å². The number of nitrogens with one attached hydrogen (secondary N) is 4. The van der Waals surface area contributed by atoms with E-state index < -0.39 is 0 Å². The van der Waals surface area contributed by atoms with Crippen molar-refractivity contribution in [2.75, 3.05) is 44.6 Å². The maximum absolute atomic E-state index is 12.9. The molecule has 0 aromatic heterocycles. The van der Waals surface area contributed by atoms with Crippen molar-refractivity contribution < 1.29 is 23.8 Å². The third-order valence-corrected chi connectivity index (χ3v) is 4.49. The molecule has 1 heterocycles. The van der Waals surface area contributed by atoms with E-state index in [1.165, 1.54) is 21.9 Å². The molecule has 24 heavy (non-hydrogen) atoms. The molecule has 1 aromatic rings. The Labute approximate surface area is 142 Å². The van der Waals surface area contributed by atoms with E-state index in [0.29, 0.717) is 18.8 Å². The molecule has 1 atom stereocenters. The number of halogens is 1. The molecule has 7 heteroatoms. The minimum absolute atomic E-state index is 0.0560. The Balaban J connectivity index is 1.75. The first kappa shape index (κ1) is 18.4. The van der Waals surface area contributed by atoms with Crippen molar-refractivity contribution in [3.8, 4) is 0 Å². The summed E-state index contributed by atoms with van der Waals surface area (Å²) in [6.45, 7) is 8.37. The monoisotopic (exact) mass is 338 g/mol. The lowest BCUT2D eigenvalue weighted by molar-refractivity contribution is -1.01. The number of piperazine rings is 1. The summed E-state index contributed by atoms with van der Waals surface area (Å²) < 4.78 is 12.9. The number of benzene rings is 1. The highest BCUT2D eigenvalue weighted by molar-refractivity contribution is 5.91. The fourth-order valence-electron chi connectivity index (χ4n) is 3.01. The average Bonchev–Trinajstić information content (AvgIpc) is 2.57. The fourth-order valence-corrected chi connectivity index (χ4v) is 3.01. The summed E-state index contributed by atoms with van der Waals surface area (Å²) in [5.41, 5.74) is 0.606. The molecular formula is C17H27FN4O2+2. The lowest BCUT2D eigenvalue weighted by Gasteiger charge is -2.32. The second-order valence-corrected chi connectivity index (χ2v) is 6.26. The van der Waals surface area contributed by atoms with E-state index in [9.17, 15) is 14.0 Å². The number of amides is 2. The van der Waals surface area contributed by atoms with Gasteiger partial charge in [0.05, 0.1) is 0 Å². The zero-order chi connectivity index (χ0) is 17.5. The van der Waals surface area contributed by atoms with Gasteiger partial charge in [-0.05, 0) is 38.1 Å². The van der Waals surface area contributed by atoms with Crippen molar-refractivity contribution in [3.63, 3.8) is 0 Å². The minimum atomic E-state index is -0.320. The highest BCUT2D eigenvalue weighted by atomic mass is 19.1. The van der Waals surface area contributed by atoms with E-state index in [1.54, 1.807) is 12.1 Å². The number of likely N-dealkylation sites (N-methyl/N-ethyl adjacent to an activating group) is 1. The summed E-state index contributed by atoms with van der Waals surface area (Å²) in [7, 11) is 0. The lowest BCUT2D eigenvalue weighted by atomic mass is 10.2. The molecule has 4 N–H and O–H groups in total. The Morgan fingerprint density at radius 3 is 2.38 bits per heavy atom. The van der Waals surface area contributed by atoms with E-state index in [4.69, 9.17) is 0 Å². The Morgan fingerprint density at radius 2 is 1.79 bits per heavy atom. The second-order valence-electron chi connectivity index (χ2n) is 6.26. The van der Waals surface area contributed by atoms with Crippen molar-refractivity contribution in [1.82, 2.24) is 5.32 Å². The zero-order valence-corrected chi connectivity index (χ0v) is 14.3. The normalized spacial score (nSPS) is 21.8. The Hall–Kier alpha value is -1.99. The summed E-state index contributed by atoms with van der Waals surface area (Å²) in [6, 6.07) is 5.71. The van der Waals surface area contributed by atoms with Crippen molar-refractivity contribution in [2.45, 2.75) is 19.9 Å². The van der Waals surface area contributed by atoms with Gasteiger partial charge in [-0.1, -0.05) is 0 Å². The summed E-state index contributed by atoms with van der Waals surface area (Å²) in [6.07, 6.45) is 0. The fraction of sp³-hybridized carbons (Fsp3) is 0.529. The molecule has 1 aliphatic rings. The van der Waals surface area contributed by atoms with Crippen LogP contribution in [0.25, 0.3) is 0 Å². The van der Waals surface area contributed by atoms with Gasteiger partial charge in [-0.2, -0.15) is 0 Å². The standard InChI is InChI=1S/C17H25FN4O2/c1-3-19-17(24)13(2)22-10-8-21(9-11-22)12-16(23)20-15-6-4-14(18)5-7-15/h4-7,13H,3,8-12H2,1-2H3,(H,19,24)(H,20,23)/p+2/t13-/m0/s1. The Morgan fingerprint density at radius 1 is 1.17 bits per heavy atom. The molecule has 1 aliphatic heterocycles. The maximum atomic E-state index is 12.9. The molecule has 0 saturated carbocycles. The van der Waals surface area contributed by atoms with Gasteiger partial charge in [0, 0.05) is 12.2 Å². The van der Waals surface area contributed by atoms with Gasteiger partial charge in [0.25, 0.3) is 11.8 Å². The van der Waals surface area contributed by atoms with E-state index in [-0.39, 0.29) is 23.7 Å². The van der Waals surface area contributed by atoms with Crippen LogP contribution in [0.4, 0.5) is 10.1 Å². The summed E-state index contributed by atoms with van der Waals surface area (Å²) in [5.74, 6) is -0.305. The first-order valence-electron chi connectivity index (χ1n) is 8.51. The van der Waals surface area contributed by atoms with Gasteiger partial charge in [-0.15, -0.1) is 0 Å². The van der Waals surface area contributed by atoms with Gasteiger partial charge in [-0.3, -0.25) is 9.59 Å². The number of anilines is 1. The minimum Gasteiger partial charge on any atom is -0.351 e. The first-order chi connectivity index (χ1) is 11.5. The van der Waals surface area contributed by atoms with Gasteiger partial charge in [0.1, 0.15) is 32.0 Å². The number of rotatable bonds is 6. The lowest BCUT2D eigenvalue weighted by Crippen LogP contribution is -3.30. The van der Waals surface area contributed by atoms with Crippen LogP contribution in [-0.2, 0) is 9.59 Å². The first-order valence-corrected chi connectivity index (χ1v) is 8.51. The number of hydrogen-bond donors (Lipinski definition) is 4. The number of carbonyl (C=O) groups is 2. The van der Waals surface area contributed by atoms with Gasteiger partial charge < -0.3 is 20.4 Å². The molecule has 1 fully saturated rings. The van der Waals surface area contributed by atoms with E-state index in [2.05, 4.69) is 10.6 Å². The molecule has 1 saturated heterocycles. The summed E-state index contributed by atoms with van der Waals surface area (Å²) >= 11 is 0. The Bertz CT molecular complexity index is 556. The highest BCUT2D eigenvalue weighted by Crippen LogP contribution is 2.07. The third kappa shape index (κ3) is 5.28. The van der Waals surface area contributed by atoms with Crippen molar-refractivity contribution in [1.29, 1.82) is 0 Å². The van der Waals surface area contributed by atoms with E-state index >= 15 is 0 Å². The molecule has 0 aliphatic carbocycles.